The minimum atomic E-state index is -0.0123. The van der Waals surface area contributed by atoms with Crippen LogP contribution in [0.5, 0.6) is 0 Å². The summed E-state index contributed by atoms with van der Waals surface area (Å²) < 4.78 is 0. The molecule has 1 heterocycles. The number of rotatable bonds is 2. The van der Waals surface area contributed by atoms with Crippen molar-refractivity contribution in [2.24, 2.45) is 0 Å². The maximum atomic E-state index is 11.2. The molecule has 1 aliphatic carbocycles. The summed E-state index contributed by atoms with van der Waals surface area (Å²) >= 11 is 0. The van der Waals surface area contributed by atoms with Crippen LogP contribution in [0.4, 0.5) is 5.69 Å². The molecule has 22 heavy (non-hydrogen) atoms. The molecule has 2 aliphatic rings. The van der Waals surface area contributed by atoms with Gasteiger partial charge in [-0.15, -0.1) is 0 Å². The molecule has 1 aromatic rings. The number of anilines is 1. The fraction of sp³-hybridized carbons (Fsp3) is 0.250. The Morgan fingerprint density at radius 1 is 1.05 bits per heavy atom. The molecule has 0 unspecified atom stereocenters. The molecular formula is C20H21NO. The highest BCUT2D eigenvalue weighted by Gasteiger charge is 2.38. The van der Waals surface area contributed by atoms with E-state index in [9.17, 15) is 4.79 Å². The maximum Gasteiger partial charge on any atom is 0.178 e. The standard InChI is InChI=1S/C20H21NO/c1-4-21-18-8-6-5-7-17(18)20(2,3)19(21)14-11-15-9-12-16(22)13-10-15/h5-14H,4H2,1-3H3/b19-14-. The Balaban J connectivity index is 2.02. The third-order valence-electron chi connectivity index (χ3n) is 4.43. The molecule has 0 N–H and O–H groups in total. The van der Waals surface area contributed by atoms with Gasteiger partial charge in [-0.1, -0.05) is 50.3 Å². The van der Waals surface area contributed by atoms with E-state index in [4.69, 9.17) is 0 Å². The molecule has 1 aliphatic heterocycles. The number of likely N-dealkylation sites (N-methyl/N-ethyl adjacent to an activating group) is 1. The summed E-state index contributed by atoms with van der Waals surface area (Å²) in [6.45, 7) is 7.65. The highest BCUT2D eigenvalue weighted by atomic mass is 16.1. The lowest BCUT2D eigenvalue weighted by atomic mass is 9.83. The van der Waals surface area contributed by atoms with Gasteiger partial charge in [-0.25, -0.2) is 0 Å². The zero-order valence-electron chi connectivity index (χ0n) is 13.3. The van der Waals surface area contributed by atoms with Crippen LogP contribution in [0.15, 0.2) is 72.0 Å². The smallest absolute Gasteiger partial charge is 0.178 e. The molecule has 0 radical (unpaired) electrons. The first kappa shape index (κ1) is 14.6. The van der Waals surface area contributed by atoms with Crippen molar-refractivity contribution in [1.29, 1.82) is 0 Å². The van der Waals surface area contributed by atoms with Crippen molar-refractivity contribution in [3.63, 3.8) is 0 Å². The van der Waals surface area contributed by atoms with Crippen molar-refractivity contribution < 1.29 is 4.79 Å². The Morgan fingerprint density at radius 3 is 2.41 bits per heavy atom. The molecule has 0 spiro atoms. The molecule has 0 aromatic heterocycles. The largest absolute Gasteiger partial charge is 0.344 e. The van der Waals surface area contributed by atoms with E-state index in [0.29, 0.717) is 0 Å². The minimum Gasteiger partial charge on any atom is -0.344 e. The Labute approximate surface area is 132 Å². The van der Waals surface area contributed by atoms with Gasteiger partial charge in [-0.2, -0.15) is 0 Å². The molecule has 0 bridgehead atoms. The van der Waals surface area contributed by atoms with Gasteiger partial charge in [-0.3, -0.25) is 4.79 Å². The number of fused-ring (bicyclic) bond motifs is 1. The lowest BCUT2D eigenvalue weighted by molar-refractivity contribution is -0.110. The highest BCUT2D eigenvalue weighted by molar-refractivity contribution is 6.01. The molecule has 0 saturated carbocycles. The molecular weight excluding hydrogens is 270 g/mol. The number of para-hydroxylation sites is 1. The molecule has 1 aromatic carbocycles. The Bertz CT molecular complexity index is 714. The van der Waals surface area contributed by atoms with Crippen molar-refractivity contribution in [1.82, 2.24) is 0 Å². The second-order valence-electron chi connectivity index (χ2n) is 6.17. The Kier molecular flexibility index (Phi) is 3.61. The van der Waals surface area contributed by atoms with Crippen molar-refractivity contribution >= 4 is 11.5 Å². The van der Waals surface area contributed by atoms with E-state index in [1.54, 1.807) is 12.2 Å². The molecule has 0 saturated heterocycles. The first-order valence-electron chi connectivity index (χ1n) is 7.73. The van der Waals surface area contributed by atoms with Gasteiger partial charge in [0, 0.05) is 23.3 Å². The summed E-state index contributed by atoms with van der Waals surface area (Å²) in [5.74, 6) is 0.0496. The van der Waals surface area contributed by atoms with Gasteiger partial charge in [0.15, 0.2) is 5.78 Å². The number of ketones is 1. The molecule has 112 valence electrons. The van der Waals surface area contributed by atoms with Crippen LogP contribution in [-0.2, 0) is 10.2 Å². The van der Waals surface area contributed by atoms with E-state index in [2.05, 4.69) is 62.1 Å². The van der Waals surface area contributed by atoms with Gasteiger partial charge in [0.25, 0.3) is 0 Å². The number of carbonyl (C=O) groups excluding carboxylic acids is 1. The van der Waals surface area contributed by atoms with Crippen LogP contribution in [0, 0.1) is 0 Å². The van der Waals surface area contributed by atoms with E-state index in [1.807, 2.05) is 12.2 Å². The van der Waals surface area contributed by atoms with Gasteiger partial charge in [0.05, 0.1) is 0 Å². The number of allylic oxidation sites excluding steroid dienone is 8. The third kappa shape index (κ3) is 2.35. The van der Waals surface area contributed by atoms with Crippen molar-refractivity contribution in [3.05, 3.63) is 77.6 Å². The lowest BCUT2D eigenvalue weighted by Crippen LogP contribution is -2.25. The predicted octanol–water partition coefficient (Wildman–Crippen LogP) is 4.31. The van der Waals surface area contributed by atoms with Crippen LogP contribution in [0.25, 0.3) is 0 Å². The van der Waals surface area contributed by atoms with Crippen molar-refractivity contribution in [2.45, 2.75) is 26.2 Å². The number of benzene rings is 1. The van der Waals surface area contributed by atoms with Gasteiger partial charge in [0.2, 0.25) is 0 Å². The summed E-state index contributed by atoms with van der Waals surface area (Å²) in [7, 11) is 0. The summed E-state index contributed by atoms with van der Waals surface area (Å²) in [5, 5.41) is 0. The second-order valence-corrected chi connectivity index (χ2v) is 6.17. The van der Waals surface area contributed by atoms with Crippen LogP contribution < -0.4 is 4.90 Å². The van der Waals surface area contributed by atoms with Gasteiger partial charge in [0.1, 0.15) is 0 Å². The van der Waals surface area contributed by atoms with Crippen molar-refractivity contribution in [3.8, 4) is 0 Å². The predicted molar refractivity (Wildman–Crippen MR) is 91.9 cm³/mol. The molecule has 3 rings (SSSR count). The molecule has 2 heteroatoms. The van der Waals surface area contributed by atoms with Crippen LogP contribution in [0.3, 0.4) is 0 Å². The van der Waals surface area contributed by atoms with Crippen LogP contribution in [-0.4, -0.2) is 12.3 Å². The fourth-order valence-corrected chi connectivity index (χ4v) is 3.24. The topological polar surface area (TPSA) is 20.3 Å². The monoisotopic (exact) mass is 291 g/mol. The third-order valence-corrected chi connectivity index (χ3v) is 4.43. The van der Waals surface area contributed by atoms with Crippen LogP contribution in [0.1, 0.15) is 26.3 Å². The van der Waals surface area contributed by atoms with Gasteiger partial charge >= 0.3 is 0 Å². The second kappa shape index (κ2) is 5.45. The normalized spacial score (nSPS) is 20.7. The zero-order valence-corrected chi connectivity index (χ0v) is 13.3. The van der Waals surface area contributed by atoms with Crippen LogP contribution in [0.2, 0.25) is 0 Å². The van der Waals surface area contributed by atoms with E-state index < -0.39 is 0 Å². The van der Waals surface area contributed by atoms with E-state index in [-0.39, 0.29) is 11.2 Å². The molecule has 2 nitrogen and oxygen atoms in total. The molecule has 0 atom stereocenters. The molecule has 0 amide bonds. The average Bonchev–Trinajstić information content (AvgIpc) is 2.74. The number of hydrogen-bond acceptors (Lipinski definition) is 2. The van der Waals surface area contributed by atoms with Gasteiger partial charge in [-0.05, 0) is 42.4 Å². The summed E-state index contributed by atoms with van der Waals surface area (Å²) in [6, 6.07) is 8.60. The summed E-state index contributed by atoms with van der Waals surface area (Å²) in [5.41, 5.74) is 5.00. The van der Waals surface area contributed by atoms with E-state index >= 15 is 0 Å². The summed E-state index contributed by atoms with van der Waals surface area (Å²) in [4.78, 5) is 13.6. The first-order valence-corrected chi connectivity index (χ1v) is 7.73. The number of carbonyl (C=O) groups is 1. The van der Waals surface area contributed by atoms with Gasteiger partial charge < -0.3 is 4.90 Å². The Hall–Kier alpha value is -2.35. The molecule has 0 fully saturated rings. The van der Waals surface area contributed by atoms with Crippen LogP contribution >= 0.6 is 0 Å². The zero-order chi connectivity index (χ0) is 15.7. The Morgan fingerprint density at radius 2 is 1.73 bits per heavy atom. The minimum absolute atomic E-state index is 0.0123. The average molecular weight is 291 g/mol. The number of hydrogen-bond donors (Lipinski definition) is 0. The highest BCUT2D eigenvalue weighted by Crippen LogP contribution is 2.47. The quantitative estimate of drug-likeness (QED) is 0.809. The van der Waals surface area contributed by atoms with E-state index in [1.165, 1.54) is 16.9 Å². The van der Waals surface area contributed by atoms with Crippen molar-refractivity contribution in [2.75, 3.05) is 11.4 Å². The number of nitrogens with zero attached hydrogens (tertiary/aromatic N) is 1. The maximum absolute atomic E-state index is 11.2. The summed E-state index contributed by atoms with van der Waals surface area (Å²) in [6.07, 6.45) is 11.2. The lowest BCUT2D eigenvalue weighted by Gasteiger charge is -2.26. The SMILES string of the molecule is CCN1/C(=C\C=C2C=CC(=O)C=C2)C(C)(C)c2ccccc21. The first-order chi connectivity index (χ1) is 10.5. The van der Waals surface area contributed by atoms with E-state index in [0.717, 1.165) is 12.1 Å². The fourth-order valence-electron chi connectivity index (χ4n) is 3.24.